The quantitative estimate of drug-likeness (QED) is 0.340. The van der Waals surface area contributed by atoms with Crippen LogP contribution in [0.25, 0.3) is 0 Å². The fraction of sp³-hybridized carbons (Fsp3) is 0.667. The van der Waals surface area contributed by atoms with Crippen molar-refractivity contribution in [2.75, 3.05) is 40.3 Å². The second-order valence-electron chi connectivity index (χ2n) is 6.67. The van der Waals surface area contributed by atoms with Crippen molar-refractivity contribution in [3.05, 3.63) is 29.8 Å². The molecule has 0 aliphatic carbocycles. The number of guanidine groups is 1. The molecular formula is C21H38N4O. The molecule has 26 heavy (non-hydrogen) atoms. The third-order valence-electron chi connectivity index (χ3n) is 4.71. The molecule has 148 valence electrons. The second kappa shape index (κ2) is 13.5. The van der Waals surface area contributed by atoms with Gasteiger partial charge in [-0.2, -0.15) is 0 Å². The summed E-state index contributed by atoms with van der Waals surface area (Å²) in [6, 6.07) is 8.72. The number of rotatable bonds is 12. The molecule has 0 fully saturated rings. The van der Waals surface area contributed by atoms with Gasteiger partial charge in [0.15, 0.2) is 5.96 Å². The van der Waals surface area contributed by atoms with Gasteiger partial charge < -0.3 is 20.3 Å². The first-order valence-electron chi connectivity index (χ1n) is 9.95. The number of hydrogen-bond acceptors (Lipinski definition) is 3. The van der Waals surface area contributed by atoms with Gasteiger partial charge in [0.2, 0.25) is 0 Å². The van der Waals surface area contributed by atoms with Crippen molar-refractivity contribution in [2.45, 2.75) is 52.5 Å². The lowest BCUT2D eigenvalue weighted by atomic mass is 10.1. The van der Waals surface area contributed by atoms with Crippen molar-refractivity contribution in [3.63, 3.8) is 0 Å². The molecule has 0 amide bonds. The molecule has 1 unspecified atom stereocenters. The largest absolute Gasteiger partial charge is 0.497 e. The molecule has 1 atom stereocenters. The summed E-state index contributed by atoms with van der Waals surface area (Å²) in [7, 11) is 3.53. The van der Waals surface area contributed by atoms with E-state index in [0.29, 0.717) is 6.04 Å². The predicted octanol–water partition coefficient (Wildman–Crippen LogP) is 3.30. The standard InChI is InChI=1S/C21H38N4O/c1-6-25(7-2)17-9-10-18(3)24-21(22-4)23-16-8-11-19-12-14-20(26-5)15-13-19/h12-15,18H,6-11,16-17H2,1-5H3,(H2,22,23,24). The molecule has 0 radical (unpaired) electrons. The van der Waals surface area contributed by atoms with Crippen LogP contribution in [0.3, 0.4) is 0 Å². The Bertz CT molecular complexity index is 497. The van der Waals surface area contributed by atoms with Crippen molar-refractivity contribution < 1.29 is 4.74 Å². The summed E-state index contributed by atoms with van der Waals surface area (Å²) in [5, 5.41) is 6.91. The number of nitrogens with one attached hydrogen (secondary N) is 2. The minimum absolute atomic E-state index is 0.429. The lowest BCUT2D eigenvalue weighted by Gasteiger charge is -2.21. The van der Waals surface area contributed by atoms with E-state index in [0.717, 1.165) is 50.6 Å². The van der Waals surface area contributed by atoms with Crippen LogP contribution in [-0.2, 0) is 6.42 Å². The summed E-state index contributed by atoms with van der Waals surface area (Å²) in [6.45, 7) is 11.0. The van der Waals surface area contributed by atoms with Crippen molar-refractivity contribution in [2.24, 2.45) is 4.99 Å². The van der Waals surface area contributed by atoms with Crippen molar-refractivity contribution in [1.82, 2.24) is 15.5 Å². The molecule has 0 aliphatic heterocycles. The average molecular weight is 363 g/mol. The highest BCUT2D eigenvalue weighted by molar-refractivity contribution is 5.79. The lowest BCUT2D eigenvalue weighted by Crippen LogP contribution is -2.42. The summed E-state index contributed by atoms with van der Waals surface area (Å²) in [6.07, 6.45) is 4.49. The van der Waals surface area contributed by atoms with Gasteiger partial charge in [0, 0.05) is 19.6 Å². The maximum atomic E-state index is 5.19. The molecule has 1 aromatic carbocycles. The Kier molecular flexibility index (Phi) is 11.5. The van der Waals surface area contributed by atoms with Crippen molar-refractivity contribution >= 4 is 5.96 Å². The Morgan fingerprint density at radius 2 is 1.85 bits per heavy atom. The van der Waals surface area contributed by atoms with E-state index < -0.39 is 0 Å². The maximum absolute atomic E-state index is 5.19. The van der Waals surface area contributed by atoms with Crippen LogP contribution in [0.1, 0.15) is 45.6 Å². The first kappa shape index (κ1) is 22.3. The first-order valence-corrected chi connectivity index (χ1v) is 9.95. The molecule has 0 saturated heterocycles. The van der Waals surface area contributed by atoms with Crippen LogP contribution >= 0.6 is 0 Å². The van der Waals surface area contributed by atoms with Gasteiger partial charge >= 0.3 is 0 Å². The summed E-state index contributed by atoms with van der Waals surface area (Å²) >= 11 is 0. The molecular weight excluding hydrogens is 324 g/mol. The number of ether oxygens (including phenoxy) is 1. The Morgan fingerprint density at radius 3 is 2.42 bits per heavy atom. The van der Waals surface area contributed by atoms with Crippen LogP contribution < -0.4 is 15.4 Å². The average Bonchev–Trinajstić information content (AvgIpc) is 2.68. The third-order valence-corrected chi connectivity index (χ3v) is 4.71. The van der Waals surface area contributed by atoms with Crippen molar-refractivity contribution in [1.29, 1.82) is 0 Å². The van der Waals surface area contributed by atoms with Gasteiger partial charge in [0.1, 0.15) is 5.75 Å². The van der Waals surface area contributed by atoms with Gasteiger partial charge in [-0.05, 0) is 69.9 Å². The minimum Gasteiger partial charge on any atom is -0.497 e. The van der Waals surface area contributed by atoms with Gasteiger partial charge in [-0.1, -0.05) is 26.0 Å². The van der Waals surface area contributed by atoms with Crippen LogP contribution in [-0.4, -0.2) is 57.2 Å². The number of hydrogen-bond donors (Lipinski definition) is 2. The van der Waals surface area contributed by atoms with Crippen LogP contribution in [0.4, 0.5) is 0 Å². The zero-order chi connectivity index (χ0) is 19.2. The Balaban J connectivity index is 2.21. The van der Waals surface area contributed by atoms with Crippen LogP contribution in [0.2, 0.25) is 0 Å². The fourth-order valence-corrected chi connectivity index (χ4v) is 2.95. The molecule has 0 saturated carbocycles. The summed E-state index contributed by atoms with van der Waals surface area (Å²) < 4.78 is 5.19. The molecule has 5 heteroatoms. The summed E-state index contributed by atoms with van der Waals surface area (Å²) in [5.74, 6) is 1.81. The minimum atomic E-state index is 0.429. The smallest absolute Gasteiger partial charge is 0.191 e. The van der Waals surface area contributed by atoms with E-state index in [4.69, 9.17) is 4.74 Å². The topological polar surface area (TPSA) is 48.9 Å². The molecule has 2 N–H and O–H groups in total. The SMILES string of the molecule is CCN(CC)CCCC(C)NC(=NC)NCCCc1ccc(OC)cc1. The number of aliphatic imine (C=N–C) groups is 1. The highest BCUT2D eigenvalue weighted by Crippen LogP contribution is 2.12. The zero-order valence-corrected chi connectivity index (χ0v) is 17.3. The third kappa shape index (κ3) is 9.09. The van der Waals surface area contributed by atoms with Gasteiger partial charge in [0.05, 0.1) is 7.11 Å². The zero-order valence-electron chi connectivity index (χ0n) is 17.3. The molecule has 0 bridgehead atoms. The maximum Gasteiger partial charge on any atom is 0.191 e. The van der Waals surface area contributed by atoms with E-state index in [2.05, 4.69) is 53.4 Å². The van der Waals surface area contributed by atoms with E-state index in [-0.39, 0.29) is 0 Å². The number of methoxy groups -OCH3 is 1. The Labute approximate surface area is 160 Å². The Hall–Kier alpha value is -1.75. The Morgan fingerprint density at radius 1 is 1.15 bits per heavy atom. The van der Waals surface area contributed by atoms with E-state index in [1.807, 2.05) is 19.2 Å². The second-order valence-corrected chi connectivity index (χ2v) is 6.67. The van der Waals surface area contributed by atoms with Gasteiger partial charge in [-0.3, -0.25) is 4.99 Å². The molecule has 0 aliphatic rings. The van der Waals surface area contributed by atoms with E-state index in [1.54, 1.807) is 7.11 Å². The normalized spacial score (nSPS) is 12.9. The molecule has 1 rings (SSSR count). The predicted molar refractivity (Wildman–Crippen MR) is 112 cm³/mol. The number of aryl methyl sites for hydroxylation is 1. The highest BCUT2D eigenvalue weighted by Gasteiger charge is 2.06. The first-order chi connectivity index (χ1) is 12.6. The van der Waals surface area contributed by atoms with Gasteiger partial charge in [-0.25, -0.2) is 0 Å². The highest BCUT2D eigenvalue weighted by atomic mass is 16.5. The molecule has 0 aromatic heterocycles. The summed E-state index contributed by atoms with van der Waals surface area (Å²) in [5.41, 5.74) is 1.33. The van der Waals surface area contributed by atoms with Crippen molar-refractivity contribution in [3.8, 4) is 5.75 Å². The number of nitrogens with zero attached hydrogens (tertiary/aromatic N) is 2. The van der Waals surface area contributed by atoms with E-state index in [1.165, 1.54) is 18.5 Å². The molecule has 0 spiro atoms. The van der Waals surface area contributed by atoms with Crippen LogP contribution in [0.5, 0.6) is 5.75 Å². The van der Waals surface area contributed by atoms with Crippen LogP contribution in [0.15, 0.2) is 29.3 Å². The van der Waals surface area contributed by atoms with E-state index in [9.17, 15) is 0 Å². The molecule has 1 aromatic rings. The number of benzene rings is 1. The van der Waals surface area contributed by atoms with Gasteiger partial charge in [0.25, 0.3) is 0 Å². The van der Waals surface area contributed by atoms with Gasteiger partial charge in [-0.15, -0.1) is 0 Å². The van der Waals surface area contributed by atoms with E-state index >= 15 is 0 Å². The molecule has 0 heterocycles. The monoisotopic (exact) mass is 362 g/mol. The fourth-order valence-electron chi connectivity index (χ4n) is 2.95. The summed E-state index contributed by atoms with van der Waals surface area (Å²) in [4.78, 5) is 6.81. The molecule has 5 nitrogen and oxygen atoms in total. The lowest BCUT2D eigenvalue weighted by molar-refractivity contribution is 0.292. The van der Waals surface area contributed by atoms with Crippen LogP contribution in [0, 0.1) is 0 Å².